The third kappa shape index (κ3) is 3.47. The van der Waals surface area contributed by atoms with E-state index in [0.29, 0.717) is 18.8 Å². The molecule has 0 aromatic carbocycles. The van der Waals surface area contributed by atoms with Crippen molar-refractivity contribution in [2.75, 3.05) is 6.54 Å². The summed E-state index contributed by atoms with van der Waals surface area (Å²) in [5.41, 5.74) is 6.71. The molecule has 1 amide bonds. The number of hydrogen-bond acceptors (Lipinski definition) is 4. The van der Waals surface area contributed by atoms with Gasteiger partial charge in [0.1, 0.15) is 5.69 Å². The van der Waals surface area contributed by atoms with E-state index in [4.69, 9.17) is 5.73 Å². The van der Waals surface area contributed by atoms with Crippen LogP contribution in [-0.2, 0) is 13.6 Å². The van der Waals surface area contributed by atoms with E-state index in [-0.39, 0.29) is 5.91 Å². The zero-order valence-electron chi connectivity index (χ0n) is 11.4. The number of carbonyl (C=O) groups excluding carboxylic acids is 1. The first kappa shape index (κ1) is 14.3. The minimum atomic E-state index is -0.129. The maximum Gasteiger partial charge on any atom is 0.269 e. The maximum atomic E-state index is 12.0. The Balaban J connectivity index is 1.96. The lowest BCUT2D eigenvalue weighted by Crippen LogP contribution is -2.24. The van der Waals surface area contributed by atoms with Gasteiger partial charge in [0.15, 0.2) is 0 Å². The molecule has 2 rings (SSSR count). The van der Waals surface area contributed by atoms with E-state index in [0.717, 1.165) is 15.4 Å². The van der Waals surface area contributed by atoms with Gasteiger partial charge in [-0.15, -0.1) is 11.3 Å². The smallest absolute Gasteiger partial charge is 0.269 e. The number of rotatable bonds is 3. The number of amides is 1. The standard InChI is InChI=1S/C14H16N4OS/c1-10-8-13(18(2)17-10)14(19)16-9-12-6-5-11(20-12)4-3-7-15/h5-6,8H,7,9,15H2,1-2H3,(H,16,19). The Hall–Kier alpha value is -2.10. The summed E-state index contributed by atoms with van der Waals surface area (Å²) in [6, 6.07) is 5.66. The van der Waals surface area contributed by atoms with E-state index in [1.54, 1.807) is 29.1 Å². The number of nitrogens with two attached hydrogens (primary N) is 1. The third-order valence-corrected chi connectivity index (χ3v) is 3.63. The monoisotopic (exact) mass is 288 g/mol. The summed E-state index contributed by atoms with van der Waals surface area (Å²) in [6.07, 6.45) is 0. The molecule has 0 saturated heterocycles. The molecule has 6 heteroatoms. The SMILES string of the molecule is Cc1cc(C(=O)NCc2ccc(C#CCN)s2)n(C)n1. The van der Waals surface area contributed by atoms with E-state index in [1.165, 1.54) is 0 Å². The average Bonchev–Trinajstić information content (AvgIpc) is 3.00. The van der Waals surface area contributed by atoms with Crippen LogP contribution in [0.5, 0.6) is 0 Å². The molecular weight excluding hydrogens is 272 g/mol. The van der Waals surface area contributed by atoms with Crippen molar-refractivity contribution in [1.82, 2.24) is 15.1 Å². The Labute approximate surface area is 121 Å². The Morgan fingerprint density at radius 2 is 2.35 bits per heavy atom. The molecule has 5 nitrogen and oxygen atoms in total. The van der Waals surface area contributed by atoms with Crippen LogP contribution in [0.15, 0.2) is 18.2 Å². The normalized spacial score (nSPS) is 9.95. The second-order valence-corrected chi connectivity index (χ2v) is 5.42. The molecule has 20 heavy (non-hydrogen) atoms. The van der Waals surface area contributed by atoms with Crippen LogP contribution in [0.25, 0.3) is 0 Å². The minimum absolute atomic E-state index is 0.129. The van der Waals surface area contributed by atoms with E-state index in [1.807, 2.05) is 19.1 Å². The Morgan fingerprint density at radius 3 is 3.00 bits per heavy atom. The van der Waals surface area contributed by atoms with E-state index in [2.05, 4.69) is 22.3 Å². The van der Waals surface area contributed by atoms with Crippen molar-refractivity contribution < 1.29 is 4.79 Å². The van der Waals surface area contributed by atoms with Crippen LogP contribution in [0.3, 0.4) is 0 Å². The predicted molar refractivity (Wildman–Crippen MR) is 79.4 cm³/mol. The molecule has 0 radical (unpaired) electrons. The van der Waals surface area contributed by atoms with Crippen molar-refractivity contribution in [1.29, 1.82) is 0 Å². The topological polar surface area (TPSA) is 72.9 Å². The molecule has 0 atom stereocenters. The fourth-order valence-electron chi connectivity index (χ4n) is 1.76. The minimum Gasteiger partial charge on any atom is -0.346 e. The molecule has 0 bridgehead atoms. The first-order valence-corrected chi connectivity index (χ1v) is 6.98. The zero-order chi connectivity index (χ0) is 14.5. The highest BCUT2D eigenvalue weighted by Gasteiger charge is 2.11. The summed E-state index contributed by atoms with van der Waals surface area (Å²) in [5, 5.41) is 7.03. The predicted octanol–water partition coefficient (Wildman–Crippen LogP) is 1.03. The van der Waals surface area contributed by atoms with Gasteiger partial charge in [0.05, 0.1) is 23.7 Å². The second-order valence-electron chi connectivity index (χ2n) is 4.25. The Bertz CT molecular complexity index is 675. The molecule has 0 aliphatic carbocycles. The average molecular weight is 288 g/mol. The molecular formula is C14H16N4OS. The molecule has 0 unspecified atom stereocenters. The highest BCUT2D eigenvalue weighted by atomic mass is 32.1. The van der Waals surface area contributed by atoms with Gasteiger partial charge in [0.25, 0.3) is 5.91 Å². The number of carbonyl (C=O) groups is 1. The molecule has 104 valence electrons. The van der Waals surface area contributed by atoms with Crippen LogP contribution in [0.1, 0.15) is 25.9 Å². The fraction of sp³-hybridized carbons (Fsp3) is 0.286. The summed E-state index contributed by atoms with van der Waals surface area (Å²) < 4.78 is 1.58. The number of hydrogen-bond donors (Lipinski definition) is 2. The quantitative estimate of drug-likeness (QED) is 0.829. The van der Waals surface area contributed by atoms with Gasteiger partial charge in [0.2, 0.25) is 0 Å². The summed E-state index contributed by atoms with van der Waals surface area (Å²) in [7, 11) is 1.76. The van der Waals surface area contributed by atoms with Crippen molar-refractivity contribution in [2.24, 2.45) is 12.8 Å². The van der Waals surface area contributed by atoms with Gasteiger partial charge in [-0.1, -0.05) is 11.8 Å². The lowest BCUT2D eigenvalue weighted by molar-refractivity contribution is 0.0942. The molecule has 2 aromatic heterocycles. The van der Waals surface area contributed by atoms with E-state index < -0.39 is 0 Å². The van der Waals surface area contributed by atoms with Gasteiger partial charge in [-0.3, -0.25) is 9.48 Å². The van der Waals surface area contributed by atoms with Crippen molar-refractivity contribution in [2.45, 2.75) is 13.5 Å². The van der Waals surface area contributed by atoms with E-state index in [9.17, 15) is 4.79 Å². The molecule has 2 heterocycles. The van der Waals surface area contributed by atoms with E-state index >= 15 is 0 Å². The molecule has 3 N–H and O–H groups in total. The number of aromatic nitrogens is 2. The first-order valence-electron chi connectivity index (χ1n) is 6.16. The second kappa shape index (κ2) is 6.37. The van der Waals surface area contributed by atoms with Crippen molar-refractivity contribution >= 4 is 17.2 Å². The Kier molecular flexibility index (Phi) is 4.56. The van der Waals surface area contributed by atoms with Crippen molar-refractivity contribution in [3.8, 4) is 11.8 Å². The Morgan fingerprint density at radius 1 is 1.55 bits per heavy atom. The summed E-state index contributed by atoms with van der Waals surface area (Å²) in [6.45, 7) is 2.69. The van der Waals surface area contributed by atoms with Crippen LogP contribution >= 0.6 is 11.3 Å². The van der Waals surface area contributed by atoms with Crippen LogP contribution in [-0.4, -0.2) is 22.2 Å². The molecule has 0 saturated carbocycles. The van der Waals surface area contributed by atoms with Gasteiger partial charge in [0, 0.05) is 11.9 Å². The number of nitrogens with one attached hydrogen (secondary N) is 1. The number of thiophene rings is 1. The first-order chi connectivity index (χ1) is 9.60. The van der Waals surface area contributed by atoms with Crippen LogP contribution in [0.2, 0.25) is 0 Å². The third-order valence-electron chi connectivity index (χ3n) is 2.63. The van der Waals surface area contributed by atoms with Gasteiger partial charge < -0.3 is 11.1 Å². The molecule has 0 aliphatic rings. The van der Waals surface area contributed by atoms with Crippen LogP contribution < -0.4 is 11.1 Å². The molecule has 0 spiro atoms. The van der Waals surface area contributed by atoms with Gasteiger partial charge in [-0.2, -0.15) is 5.10 Å². The van der Waals surface area contributed by atoms with Gasteiger partial charge in [-0.05, 0) is 25.1 Å². The fourth-order valence-corrected chi connectivity index (χ4v) is 2.58. The van der Waals surface area contributed by atoms with Crippen molar-refractivity contribution in [3.05, 3.63) is 39.3 Å². The zero-order valence-corrected chi connectivity index (χ0v) is 12.3. The largest absolute Gasteiger partial charge is 0.346 e. The van der Waals surface area contributed by atoms with Gasteiger partial charge in [-0.25, -0.2) is 0 Å². The summed E-state index contributed by atoms with van der Waals surface area (Å²) in [5.74, 6) is 5.65. The highest BCUT2D eigenvalue weighted by molar-refractivity contribution is 7.12. The number of aryl methyl sites for hydroxylation is 2. The molecule has 0 fully saturated rings. The lowest BCUT2D eigenvalue weighted by Gasteiger charge is -2.03. The number of nitrogens with zero attached hydrogens (tertiary/aromatic N) is 2. The summed E-state index contributed by atoms with van der Waals surface area (Å²) in [4.78, 5) is 14.0. The van der Waals surface area contributed by atoms with Crippen LogP contribution in [0, 0.1) is 18.8 Å². The highest BCUT2D eigenvalue weighted by Crippen LogP contribution is 2.15. The lowest BCUT2D eigenvalue weighted by atomic mass is 10.3. The van der Waals surface area contributed by atoms with Crippen LogP contribution in [0.4, 0.5) is 0 Å². The molecule has 2 aromatic rings. The summed E-state index contributed by atoms with van der Waals surface area (Å²) >= 11 is 1.55. The van der Waals surface area contributed by atoms with Crippen molar-refractivity contribution in [3.63, 3.8) is 0 Å². The molecule has 0 aliphatic heterocycles. The maximum absolute atomic E-state index is 12.0. The van der Waals surface area contributed by atoms with Gasteiger partial charge >= 0.3 is 0 Å².